The number of rotatable bonds is 11. The van der Waals surface area contributed by atoms with E-state index >= 15 is 0 Å². The van der Waals surface area contributed by atoms with Crippen LogP contribution < -0.4 is 5.56 Å². The number of hydrogen-bond donors (Lipinski definition) is 0. The number of hydrogen-bond acceptors (Lipinski definition) is 5. The average molecular weight is 467 g/mol. The summed E-state index contributed by atoms with van der Waals surface area (Å²) >= 11 is 0. The van der Waals surface area contributed by atoms with Crippen molar-refractivity contribution in [3.8, 4) is 0 Å². The molecule has 2 aliphatic rings. The molecule has 0 N–H and O–H groups in total. The lowest BCUT2D eigenvalue weighted by Gasteiger charge is -2.24. The maximum Gasteiger partial charge on any atom is 0.276 e. The van der Waals surface area contributed by atoms with Crippen molar-refractivity contribution in [3.05, 3.63) is 75.4 Å². The molecule has 182 valence electrons. The largest absolute Gasteiger partial charge is 0.368 e. The highest BCUT2D eigenvalue weighted by molar-refractivity contribution is 5.84. The van der Waals surface area contributed by atoms with Crippen LogP contribution in [0.2, 0.25) is 0 Å². The van der Waals surface area contributed by atoms with Gasteiger partial charge in [-0.3, -0.25) is 9.69 Å². The molecule has 0 saturated carbocycles. The fourth-order valence-corrected chi connectivity index (χ4v) is 4.69. The van der Waals surface area contributed by atoms with Crippen LogP contribution in [0.4, 0.5) is 4.39 Å². The fourth-order valence-electron chi connectivity index (χ4n) is 4.69. The molecule has 7 heteroatoms. The van der Waals surface area contributed by atoms with Crippen LogP contribution in [-0.2, 0) is 37.1 Å². The minimum absolute atomic E-state index is 0.0916. The Morgan fingerprint density at radius 2 is 1.97 bits per heavy atom. The molecule has 1 aromatic carbocycles. The first-order chi connectivity index (χ1) is 16.6. The van der Waals surface area contributed by atoms with Crippen LogP contribution >= 0.6 is 0 Å². The lowest BCUT2D eigenvalue weighted by molar-refractivity contribution is 0.0201. The Hall–Kier alpha value is -2.96. The lowest BCUT2D eigenvalue weighted by atomic mass is 10.1. The molecule has 1 aliphatic heterocycles. The van der Waals surface area contributed by atoms with E-state index in [4.69, 9.17) is 4.84 Å². The Morgan fingerprint density at radius 3 is 2.74 bits per heavy atom. The third kappa shape index (κ3) is 5.57. The maximum absolute atomic E-state index is 13.3. The molecule has 0 saturated heterocycles. The Balaban J connectivity index is 1.61. The number of halogens is 1. The van der Waals surface area contributed by atoms with Gasteiger partial charge in [0.05, 0.1) is 6.54 Å². The summed E-state index contributed by atoms with van der Waals surface area (Å²) in [4.78, 5) is 25.2. The summed E-state index contributed by atoms with van der Waals surface area (Å²) in [6, 6.07) is 6.53. The molecule has 2 aromatic rings. The van der Waals surface area contributed by atoms with Crippen molar-refractivity contribution in [1.29, 1.82) is 0 Å². The molecule has 1 aromatic heterocycles. The zero-order valence-electron chi connectivity index (χ0n) is 20.3. The van der Waals surface area contributed by atoms with E-state index in [1.54, 1.807) is 12.1 Å². The van der Waals surface area contributed by atoms with Gasteiger partial charge in [-0.25, -0.2) is 4.39 Å². The first-order valence-electron chi connectivity index (χ1n) is 12.6. The van der Waals surface area contributed by atoms with Gasteiger partial charge in [0.25, 0.3) is 5.56 Å². The highest BCUT2D eigenvalue weighted by atomic mass is 19.1. The predicted octanol–water partition coefficient (Wildman–Crippen LogP) is 5.13. The number of fused-ring (bicyclic) bond motifs is 1. The molecule has 0 fully saturated rings. The van der Waals surface area contributed by atoms with E-state index < -0.39 is 0 Å². The summed E-state index contributed by atoms with van der Waals surface area (Å²) < 4.78 is 15.5. The van der Waals surface area contributed by atoms with Crippen LogP contribution in [0.1, 0.15) is 75.0 Å². The summed E-state index contributed by atoms with van der Waals surface area (Å²) in [6.45, 7) is 4.86. The van der Waals surface area contributed by atoms with Gasteiger partial charge in [-0.15, -0.1) is 0 Å². The molecular weight excluding hydrogens is 431 g/mol. The monoisotopic (exact) mass is 466 g/mol. The Bertz CT molecular complexity index is 1090. The third-order valence-electron chi connectivity index (χ3n) is 6.58. The highest BCUT2D eigenvalue weighted by Crippen LogP contribution is 2.24. The minimum atomic E-state index is -0.246. The number of amidine groups is 1. The van der Waals surface area contributed by atoms with Crippen molar-refractivity contribution < 1.29 is 9.23 Å². The summed E-state index contributed by atoms with van der Waals surface area (Å²) in [6.07, 6.45) is 13.3. The molecule has 1 aliphatic carbocycles. The topological polar surface area (TPSA) is 59.7 Å². The Kier molecular flexibility index (Phi) is 8.14. The zero-order valence-corrected chi connectivity index (χ0v) is 20.3. The van der Waals surface area contributed by atoms with Gasteiger partial charge in [0.1, 0.15) is 11.6 Å². The van der Waals surface area contributed by atoms with E-state index in [0.717, 1.165) is 79.8 Å². The Labute approximate surface area is 201 Å². The first-order valence-corrected chi connectivity index (χ1v) is 12.6. The standard InChI is InChI=1S/C27H35FN4O2/c1-3-5-7-18-31-25(30-34-26(31)11-6-4-2)19-32-23-10-8-9-22(23)27(33)29-24(32)17-14-20-12-15-21(28)16-13-20/h7,12-13,15-16,18,26H,3-6,8-11,14,17,19H2,1-2H3/b18-7+. The predicted molar refractivity (Wildman–Crippen MR) is 132 cm³/mol. The molecule has 4 rings (SSSR count). The van der Waals surface area contributed by atoms with Crippen LogP contribution in [0, 0.1) is 5.82 Å². The van der Waals surface area contributed by atoms with Gasteiger partial charge in [-0.1, -0.05) is 50.1 Å². The number of aromatic nitrogens is 2. The van der Waals surface area contributed by atoms with Crippen molar-refractivity contribution >= 4 is 5.84 Å². The van der Waals surface area contributed by atoms with Crippen molar-refractivity contribution in [2.75, 3.05) is 0 Å². The molecule has 0 bridgehead atoms. The number of unbranched alkanes of at least 4 members (excludes halogenated alkanes) is 2. The number of allylic oxidation sites excluding steroid dienone is 1. The zero-order chi connectivity index (χ0) is 23.9. The van der Waals surface area contributed by atoms with E-state index in [2.05, 4.69) is 45.7 Å². The van der Waals surface area contributed by atoms with Gasteiger partial charge in [-0.05, 0) is 56.2 Å². The molecule has 0 radical (unpaired) electrons. The van der Waals surface area contributed by atoms with Crippen LogP contribution in [0.15, 0.2) is 46.5 Å². The maximum atomic E-state index is 13.3. The van der Waals surface area contributed by atoms with Crippen molar-refractivity contribution in [3.63, 3.8) is 0 Å². The van der Waals surface area contributed by atoms with E-state index in [1.165, 1.54) is 12.1 Å². The molecule has 0 amide bonds. The van der Waals surface area contributed by atoms with E-state index in [1.807, 2.05) is 0 Å². The molecule has 1 atom stereocenters. The van der Waals surface area contributed by atoms with Gasteiger partial charge < -0.3 is 9.40 Å². The normalized spacial score (nSPS) is 17.3. The lowest BCUT2D eigenvalue weighted by Crippen LogP contribution is -2.35. The van der Waals surface area contributed by atoms with Gasteiger partial charge in [0, 0.05) is 30.3 Å². The smallest absolute Gasteiger partial charge is 0.276 e. The minimum Gasteiger partial charge on any atom is -0.368 e. The fraction of sp³-hybridized carbons (Fsp3) is 0.519. The molecular formula is C27H35FN4O2. The van der Waals surface area contributed by atoms with Gasteiger partial charge in [-0.2, -0.15) is 4.98 Å². The van der Waals surface area contributed by atoms with Crippen molar-refractivity contribution in [1.82, 2.24) is 14.5 Å². The van der Waals surface area contributed by atoms with Gasteiger partial charge in [0.15, 0.2) is 5.84 Å². The van der Waals surface area contributed by atoms with E-state index in [-0.39, 0.29) is 17.6 Å². The van der Waals surface area contributed by atoms with Crippen LogP contribution in [0.3, 0.4) is 0 Å². The van der Waals surface area contributed by atoms with Crippen LogP contribution in [-0.4, -0.2) is 26.5 Å². The molecule has 2 heterocycles. The number of oxime groups is 1. The highest BCUT2D eigenvalue weighted by Gasteiger charge is 2.30. The van der Waals surface area contributed by atoms with Gasteiger partial charge in [0.2, 0.25) is 6.23 Å². The molecule has 6 nitrogen and oxygen atoms in total. The van der Waals surface area contributed by atoms with Crippen LogP contribution in [0.5, 0.6) is 0 Å². The number of aryl methyl sites for hydroxylation is 2. The first kappa shape index (κ1) is 24.2. The quantitative estimate of drug-likeness (QED) is 0.461. The van der Waals surface area contributed by atoms with Crippen molar-refractivity contribution in [2.45, 2.75) is 90.8 Å². The summed E-state index contributed by atoms with van der Waals surface area (Å²) in [7, 11) is 0. The summed E-state index contributed by atoms with van der Waals surface area (Å²) in [5.41, 5.74) is 2.82. The average Bonchev–Trinajstić information content (AvgIpc) is 3.47. The molecule has 0 spiro atoms. The SMILES string of the molecule is CCC/C=C/N1C(Cn2c(CCc3ccc(F)cc3)nc(=O)c3c2CCC3)=NOC1CCCC. The van der Waals surface area contributed by atoms with Gasteiger partial charge >= 0.3 is 0 Å². The Morgan fingerprint density at radius 1 is 1.15 bits per heavy atom. The third-order valence-corrected chi connectivity index (χ3v) is 6.58. The van der Waals surface area contributed by atoms with Crippen LogP contribution in [0.25, 0.3) is 0 Å². The second-order valence-electron chi connectivity index (χ2n) is 9.12. The van der Waals surface area contributed by atoms with E-state index in [0.29, 0.717) is 19.4 Å². The van der Waals surface area contributed by atoms with Crippen molar-refractivity contribution in [2.24, 2.45) is 5.16 Å². The molecule has 1 unspecified atom stereocenters. The second-order valence-corrected chi connectivity index (χ2v) is 9.12. The number of nitrogens with zero attached hydrogens (tertiary/aromatic N) is 4. The summed E-state index contributed by atoms with van der Waals surface area (Å²) in [5.74, 6) is 1.35. The summed E-state index contributed by atoms with van der Waals surface area (Å²) in [5, 5.41) is 4.47. The second kappa shape index (κ2) is 11.4. The number of benzene rings is 1. The van der Waals surface area contributed by atoms with E-state index in [9.17, 15) is 9.18 Å². The molecule has 34 heavy (non-hydrogen) atoms.